The van der Waals surface area contributed by atoms with Gasteiger partial charge < -0.3 is 0 Å². The summed E-state index contributed by atoms with van der Waals surface area (Å²) in [7, 11) is 0. The molecule has 1 aromatic heterocycles. The van der Waals surface area contributed by atoms with Gasteiger partial charge in [0.15, 0.2) is 0 Å². The van der Waals surface area contributed by atoms with Gasteiger partial charge in [-0.15, -0.1) is 0 Å². The lowest BCUT2D eigenvalue weighted by molar-refractivity contribution is -0.394. The molecule has 0 saturated carbocycles. The van der Waals surface area contributed by atoms with E-state index in [0.29, 0.717) is 0 Å². The molecule has 1 heterocycles. The van der Waals surface area contributed by atoms with Crippen molar-refractivity contribution in [3.8, 4) is 5.69 Å². The van der Waals surface area contributed by atoms with Gasteiger partial charge in [0.1, 0.15) is 5.69 Å². The van der Waals surface area contributed by atoms with Crippen molar-refractivity contribution in [1.82, 2.24) is 9.55 Å². The third-order valence-corrected chi connectivity index (χ3v) is 3.09. The molecule has 0 bridgehead atoms. The van der Waals surface area contributed by atoms with Crippen LogP contribution in [-0.4, -0.2) is 19.4 Å². The number of nitrogens with zero attached hydrogens (tertiary/aromatic N) is 3. The van der Waals surface area contributed by atoms with Gasteiger partial charge in [-0.2, -0.15) is 0 Å². The van der Waals surface area contributed by atoms with Gasteiger partial charge in [-0.05, 0) is 22.0 Å². The summed E-state index contributed by atoms with van der Waals surface area (Å²) in [4.78, 5) is 44.9. The maximum Gasteiger partial charge on any atom is 0.333 e. The van der Waals surface area contributed by atoms with Crippen molar-refractivity contribution in [3.05, 3.63) is 69.9 Å². The highest BCUT2D eigenvalue weighted by atomic mass is 79.9. The van der Waals surface area contributed by atoms with Gasteiger partial charge >= 0.3 is 5.69 Å². The highest BCUT2D eigenvalue weighted by Gasteiger charge is 2.21. The first-order chi connectivity index (χ1) is 9.81. The van der Waals surface area contributed by atoms with E-state index in [2.05, 4.69) is 15.9 Å². The van der Waals surface area contributed by atoms with Crippen molar-refractivity contribution >= 4 is 27.3 Å². The SMILES string of the molecule is O=c1[nH]c(=O)n(-c2ccc([N+](=O)[O-])cc2[N+](=O)[O-])cc1Br. The van der Waals surface area contributed by atoms with E-state index < -0.39 is 32.5 Å². The van der Waals surface area contributed by atoms with Crippen LogP contribution in [0.3, 0.4) is 0 Å². The number of nitro groups is 2. The summed E-state index contributed by atoms with van der Waals surface area (Å²) in [5.41, 5.74) is -2.92. The summed E-state index contributed by atoms with van der Waals surface area (Å²) in [5.74, 6) is 0. The fourth-order valence-corrected chi connectivity index (χ4v) is 1.91. The Hall–Kier alpha value is -2.82. The number of nitro benzene ring substituents is 2. The fourth-order valence-electron chi connectivity index (χ4n) is 1.60. The van der Waals surface area contributed by atoms with E-state index in [4.69, 9.17) is 0 Å². The Morgan fingerprint density at radius 1 is 1.14 bits per heavy atom. The molecular formula is C10H5BrN4O6. The molecule has 0 atom stereocenters. The minimum Gasteiger partial charge on any atom is -0.273 e. The summed E-state index contributed by atoms with van der Waals surface area (Å²) in [5, 5.41) is 21.7. The number of non-ortho nitro benzene ring substituents is 1. The molecule has 0 saturated heterocycles. The molecule has 1 N–H and O–H groups in total. The van der Waals surface area contributed by atoms with Crippen LogP contribution >= 0.6 is 15.9 Å². The van der Waals surface area contributed by atoms with Crippen molar-refractivity contribution in [2.24, 2.45) is 0 Å². The molecule has 0 spiro atoms. The summed E-state index contributed by atoms with van der Waals surface area (Å²) in [6.45, 7) is 0. The number of benzene rings is 1. The predicted octanol–water partition coefficient (Wildman–Crippen LogP) is 1.10. The fraction of sp³-hybridized carbons (Fsp3) is 0. The zero-order chi connectivity index (χ0) is 15.7. The highest BCUT2D eigenvalue weighted by Crippen LogP contribution is 2.26. The average Bonchev–Trinajstić information content (AvgIpc) is 2.42. The number of aromatic amines is 1. The van der Waals surface area contributed by atoms with E-state index in [1.165, 1.54) is 0 Å². The lowest BCUT2D eigenvalue weighted by Gasteiger charge is -2.06. The Balaban J connectivity index is 2.78. The molecule has 10 nitrogen and oxygen atoms in total. The van der Waals surface area contributed by atoms with Crippen LogP contribution in [-0.2, 0) is 0 Å². The Kier molecular flexibility index (Phi) is 3.67. The van der Waals surface area contributed by atoms with Crippen LogP contribution in [0.5, 0.6) is 0 Å². The maximum absolute atomic E-state index is 11.7. The number of aromatic nitrogens is 2. The van der Waals surface area contributed by atoms with Crippen molar-refractivity contribution < 1.29 is 9.85 Å². The van der Waals surface area contributed by atoms with Gasteiger partial charge in [-0.3, -0.25) is 34.6 Å². The van der Waals surface area contributed by atoms with E-state index in [1.807, 2.05) is 4.98 Å². The lowest BCUT2D eigenvalue weighted by Crippen LogP contribution is -2.29. The molecule has 2 rings (SSSR count). The van der Waals surface area contributed by atoms with Crippen LogP contribution < -0.4 is 11.2 Å². The number of nitrogens with one attached hydrogen (secondary N) is 1. The molecule has 11 heteroatoms. The Morgan fingerprint density at radius 2 is 1.81 bits per heavy atom. The number of halogens is 1. The lowest BCUT2D eigenvalue weighted by atomic mass is 10.2. The zero-order valence-corrected chi connectivity index (χ0v) is 11.6. The molecule has 0 unspecified atom stereocenters. The van der Waals surface area contributed by atoms with Gasteiger partial charge in [0, 0.05) is 12.3 Å². The Bertz CT molecular complexity index is 871. The van der Waals surface area contributed by atoms with Crippen LogP contribution in [0, 0.1) is 20.2 Å². The first-order valence-corrected chi connectivity index (χ1v) is 6.05. The second-order valence-corrected chi connectivity index (χ2v) is 4.65. The summed E-state index contributed by atoms with van der Waals surface area (Å²) in [6, 6.07) is 2.82. The van der Waals surface area contributed by atoms with Gasteiger partial charge in [-0.25, -0.2) is 4.79 Å². The molecule has 2 aromatic rings. The van der Waals surface area contributed by atoms with Gasteiger partial charge in [0.05, 0.1) is 20.4 Å². The largest absolute Gasteiger partial charge is 0.333 e. The molecule has 0 fully saturated rings. The topological polar surface area (TPSA) is 141 Å². The van der Waals surface area contributed by atoms with Crippen molar-refractivity contribution in [2.45, 2.75) is 0 Å². The van der Waals surface area contributed by atoms with E-state index in [-0.39, 0.29) is 10.2 Å². The van der Waals surface area contributed by atoms with Gasteiger partial charge in [0.25, 0.3) is 16.9 Å². The number of H-pyrrole nitrogens is 1. The van der Waals surface area contributed by atoms with E-state index in [9.17, 15) is 29.8 Å². The maximum atomic E-state index is 11.7. The van der Waals surface area contributed by atoms with Crippen LogP contribution in [0.25, 0.3) is 5.69 Å². The Morgan fingerprint density at radius 3 is 2.38 bits per heavy atom. The average molecular weight is 357 g/mol. The quantitative estimate of drug-likeness (QED) is 0.644. The standard InChI is InChI=1S/C10H5BrN4O6/c11-6-4-13(10(17)12-9(6)16)7-2-1-5(14(18)19)3-8(7)15(20)21/h1-4H,(H,12,16,17). The minimum atomic E-state index is -0.903. The van der Waals surface area contributed by atoms with E-state index >= 15 is 0 Å². The molecule has 0 aliphatic rings. The third kappa shape index (κ3) is 2.72. The molecule has 0 aliphatic carbocycles. The van der Waals surface area contributed by atoms with Crippen molar-refractivity contribution in [3.63, 3.8) is 0 Å². The van der Waals surface area contributed by atoms with E-state index in [0.717, 1.165) is 29.0 Å². The normalized spacial score (nSPS) is 10.3. The number of hydrogen-bond acceptors (Lipinski definition) is 6. The molecule has 0 aliphatic heterocycles. The van der Waals surface area contributed by atoms with E-state index in [1.54, 1.807) is 0 Å². The molecule has 108 valence electrons. The summed E-state index contributed by atoms with van der Waals surface area (Å²) < 4.78 is 0.794. The van der Waals surface area contributed by atoms with Crippen LogP contribution in [0.4, 0.5) is 11.4 Å². The van der Waals surface area contributed by atoms with Gasteiger partial charge in [-0.1, -0.05) is 0 Å². The number of hydrogen-bond donors (Lipinski definition) is 1. The second-order valence-electron chi connectivity index (χ2n) is 3.79. The first kappa shape index (κ1) is 14.6. The van der Waals surface area contributed by atoms with Crippen molar-refractivity contribution in [1.29, 1.82) is 0 Å². The van der Waals surface area contributed by atoms with Crippen molar-refractivity contribution in [2.75, 3.05) is 0 Å². The molecule has 21 heavy (non-hydrogen) atoms. The second kappa shape index (κ2) is 5.28. The monoisotopic (exact) mass is 356 g/mol. The first-order valence-electron chi connectivity index (χ1n) is 5.26. The van der Waals surface area contributed by atoms with Crippen LogP contribution in [0.2, 0.25) is 0 Å². The summed E-state index contributed by atoms with van der Waals surface area (Å²) >= 11 is 2.90. The molecule has 1 aromatic carbocycles. The van der Waals surface area contributed by atoms with Crippen LogP contribution in [0.15, 0.2) is 38.5 Å². The minimum absolute atomic E-state index is 0.0187. The molecular weight excluding hydrogens is 352 g/mol. The van der Waals surface area contributed by atoms with Crippen LogP contribution in [0.1, 0.15) is 0 Å². The molecule has 0 amide bonds. The highest BCUT2D eigenvalue weighted by molar-refractivity contribution is 9.10. The third-order valence-electron chi connectivity index (χ3n) is 2.52. The Labute approximate surface area is 123 Å². The number of rotatable bonds is 3. The predicted molar refractivity (Wildman–Crippen MR) is 73.7 cm³/mol. The summed E-state index contributed by atoms with van der Waals surface area (Å²) in [6.07, 6.45) is 1.05. The zero-order valence-electron chi connectivity index (χ0n) is 9.98. The molecule has 0 radical (unpaired) electrons. The smallest absolute Gasteiger partial charge is 0.273 e. The van der Waals surface area contributed by atoms with Gasteiger partial charge in [0.2, 0.25) is 0 Å².